The molecule has 4 rings (SSSR count). The normalized spacial score (nSPS) is 18.0. The highest BCUT2D eigenvalue weighted by molar-refractivity contribution is 7.89. The minimum absolute atomic E-state index is 0.103. The Morgan fingerprint density at radius 3 is 2.62 bits per heavy atom. The summed E-state index contributed by atoms with van der Waals surface area (Å²) in [5.74, 6) is 0.521. The molecule has 2 aromatic heterocycles. The third kappa shape index (κ3) is 3.62. The summed E-state index contributed by atoms with van der Waals surface area (Å²) in [4.78, 5) is 4.85. The van der Waals surface area contributed by atoms with E-state index in [0.29, 0.717) is 41.7 Å². The Balaban J connectivity index is 1.53. The van der Waals surface area contributed by atoms with E-state index >= 15 is 0 Å². The first kappa shape index (κ1) is 19.8. The van der Waals surface area contributed by atoms with Crippen LogP contribution in [0.2, 0.25) is 0 Å². The fourth-order valence-electron chi connectivity index (χ4n) is 3.95. The van der Waals surface area contributed by atoms with E-state index in [1.165, 1.54) is 4.31 Å². The molecule has 0 amide bonds. The lowest BCUT2D eigenvalue weighted by Crippen LogP contribution is -2.31. The van der Waals surface area contributed by atoms with Gasteiger partial charge in [-0.3, -0.25) is 4.68 Å². The van der Waals surface area contributed by atoms with Crippen molar-refractivity contribution in [3.05, 3.63) is 47.8 Å². The van der Waals surface area contributed by atoms with Gasteiger partial charge in [0.15, 0.2) is 0 Å². The lowest BCUT2D eigenvalue weighted by Gasteiger charge is -2.18. The topological polar surface area (TPSA) is 77.3 Å². The minimum Gasteiger partial charge on any atom is -0.473 e. The summed E-state index contributed by atoms with van der Waals surface area (Å²) in [7, 11) is -3.62. The zero-order valence-electron chi connectivity index (χ0n) is 17.2. The molecule has 1 fully saturated rings. The van der Waals surface area contributed by atoms with Crippen LogP contribution in [-0.2, 0) is 10.0 Å². The standard InChI is InChI=1S/C21H26N4O3S/c1-14(2)25-16(4)21(15(3)23-25)29(26,27)24-12-11-18(13-24)28-20-10-9-17-7-5-6-8-19(17)22-20/h5-10,14,18H,11-13H2,1-4H3. The number of para-hydroxylation sites is 1. The lowest BCUT2D eigenvalue weighted by atomic mass is 10.2. The van der Waals surface area contributed by atoms with Crippen molar-refractivity contribution in [3.8, 4) is 5.88 Å². The highest BCUT2D eigenvalue weighted by atomic mass is 32.2. The van der Waals surface area contributed by atoms with Crippen LogP contribution < -0.4 is 4.74 Å². The summed E-state index contributed by atoms with van der Waals surface area (Å²) >= 11 is 0. The minimum atomic E-state index is -3.62. The molecule has 1 unspecified atom stereocenters. The van der Waals surface area contributed by atoms with Gasteiger partial charge < -0.3 is 4.74 Å². The predicted molar refractivity (Wildman–Crippen MR) is 112 cm³/mol. The summed E-state index contributed by atoms with van der Waals surface area (Å²) in [6.45, 7) is 8.28. The van der Waals surface area contributed by atoms with E-state index in [9.17, 15) is 8.42 Å². The van der Waals surface area contributed by atoms with Crippen molar-refractivity contribution in [2.75, 3.05) is 13.1 Å². The molecule has 1 aliphatic rings. The van der Waals surface area contributed by atoms with Crippen molar-refractivity contribution in [1.82, 2.24) is 19.1 Å². The van der Waals surface area contributed by atoms with E-state index in [1.54, 1.807) is 11.6 Å². The molecule has 29 heavy (non-hydrogen) atoms. The van der Waals surface area contributed by atoms with Crippen LogP contribution in [0.25, 0.3) is 10.9 Å². The maximum Gasteiger partial charge on any atom is 0.246 e. The van der Waals surface area contributed by atoms with Crippen LogP contribution in [0.4, 0.5) is 0 Å². The van der Waals surface area contributed by atoms with Gasteiger partial charge in [0.05, 0.1) is 23.4 Å². The average molecular weight is 415 g/mol. The van der Waals surface area contributed by atoms with E-state index in [2.05, 4.69) is 10.1 Å². The van der Waals surface area contributed by atoms with Crippen LogP contribution in [0.1, 0.15) is 37.7 Å². The number of pyridine rings is 1. The fraction of sp³-hybridized carbons (Fsp3) is 0.429. The van der Waals surface area contributed by atoms with Gasteiger partial charge in [0, 0.05) is 24.0 Å². The maximum absolute atomic E-state index is 13.3. The molecule has 3 heterocycles. The summed E-state index contributed by atoms with van der Waals surface area (Å²) in [5, 5.41) is 5.48. The second-order valence-electron chi connectivity index (χ2n) is 7.77. The van der Waals surface area contributed by atoms with Gasteiger partial charge in [-0.2, -0.15) is 9.40 Å². The second-order valence-corrected chi connectivity index (χ2v) is 9.65. The number of aryl methyl sites for hydroxylation is 1. The van der Waals surface area contributed by atoms with Crippen molar-refractivity contribution in [1.29, 1.82) is 0 Å². The number of fused-ring (bicyclic) bond motifs is 1. The second kappa shape index (κ2) is 7.42. The molecule has 0 N–H and O–H groups in total. The van der Waals surface area contributed by atoms with E-state index in [1.807, 2.05) is 57.2 Å². The largest absolute Gasteiger partial charge is 0.473 e. The van der Waals surface area contributed by atoms with E-state index in [0.717, 1.165) is 10.9 Å². The van der Waals surface area contributed by atoms with Crippen molar-refractivity contribution in [3.63, 3.8) is 0 Å². The number of sulfonamides is 1. The van der Waals surface area contributed by atoms with Gasteiger partial charge in [-0.15, -0.1) is 0 Å². The first-order chi connectivity index (χ1) is 13.8. The monoisotopic (exact) mass is 414 g/mol. The summed E-state index contributed by atoms with van der Waals surface area (Å²) in [6, 6.07) is 11.7. The van der Waals surface area contributed by atoms with Gasteiger partial charge in [0.1, 0.15) is 11.0 Å². The van der Waals surface area contributed by atoms with Crippen molar-refractivity contribution in [2.45, 2.75) is 51.2 Å². The van der Waals surface area contributed by atoms with Gasteiger partial charge in [-0.25, -0.2) is 13.4 Å². The van der Waals surface area contributed by atoms with Gasteiger partial charge in [0.2, 0.25) is 15.9 Å². The molecule has 0 bridgehead atoms. The molecule has 1 aromatic carbocycles. The lowest BCUT2D eigenvalue weighted by molar-refractivity contribution is 0.207. The molecule has 3 aromatic rings. The van der Waals surface area contributed by atoms with Crippen LogP contribution in [0.15, 0.2) is 41.3 Å². The molecule has 0 saturated carbocycles. The highest BCUT2D eigenvalue weighted by Gasteiger charge is 2.37. The molecule has 0 radical (unpaired) electrons. The number of aromatic nitrogens is 3. The van der Waals surface area contributed by atoms with Crippen LogP contribution in [0.5, 0.6) is 5.88 Å². The van der Waals surface area contributed by atoms with Crippen LogP contribution in [0.3, 0.4) is 0 Å². The van der Waals surface area contributed by atoms with Gasteiger partial charge >= 0.3 is 0 Å². The average Bonchev–Trinajstić information content (AvgIpc) is 3.26. The molecule has 7 nitrogen and oxygen atoms in total. The molecule has 1 saturated heterocycles. The Labute approximate surface area is 171 Å². The van der Waals surface area contributed by atoms with Crippen molar-refractivity contribution >= 4 is 20.9 Å². The van der Waals surface area contributed by atoms with Gasteiger partial charge in [-0.05, 0) is 46.2 Å². The molecular weight excluding hydrogens is 388 g/mol. The molecule has 1 aliphatic heterocycles. The smallest absolute Gasteiger partial charge is 0.246 e. The first-order valence-electron chi connectivity index (χ1n) is 9.85. The van der Waals surface area contributed by atoms with Crippen LogP contribution in [-0.4, -0.2) is 46.7 Å². The Hall–Kier alpha value is -2.45. The molecule has 0 aliphatic carbocycles. The fourth-order valence-corrected chi connectivity index (χ4v) is 5.80. The summed E-state index contributed by atoms with van der Waals surface area (Å²) in [5.41, 5.74) is 2.08. The first-order valence-corrected chi connectivity index (χ1v) is 11.3. The highest BCUT2D eigenvalue weighted by Crippen LogP contribution is 2.29. The third-order valence-electron chi connectivity index (χ3n) is 5.31. The van der Waals surface area contributed by atoms with Crippen LogP contribution >= 0.6 is 0 Å². The Bertz CT molecular complexity index is 1150. The molecule has 1 atom stereocenters. The Morgan fingerprint density at radius 2 is 1.90 bits per heavy atom. The maximum atomic E-state index is 13.3. The Kier molecular flexibility index (Phi) is 5.08. The van der Waals surface area contributed by atoms with E-state index in [4.69, 9.17) is 4.74 Å². The van der Waals surface area contributed by atoms with Gasteiger partial charge in [-0.1, -0.05) is 18.2 Å². The van der Waals surface area contributed by atoms with E-state index in [-0.39, 0.29) is 12.1 Å². The van der Waals surface area contributed by atoms with Crippen molar-refractivity contribution < 1.29 is 13.2 Å². The zero-order valence-corrected chi connectivity index (χ0v) is 18.0. The quantitative estimate of drug-likeness (QED) is 0.639. The zero-order chi connectivity index (χ0) is 20.8. The molecule has 0 spiro atoms. The number of hydrogen-bond acceptors (Lipinski definition) is 5. The third-order valence-corrected chi connectivity index (χ3v) is 7.43. The van der Waals surface area contributed by atoms with Gasteiger partial charge in [0.25, 0.3) is 0 Å². The number of rotatable bonds is 5. The number of hydrogen-bond donors (Lipinski definition) is 0. The summed E-state index contributed by atoms with van der Waals surface area (Å²) in [6.07, 6.45) is 0.406. The number of benzene rings is 1. The molecule has 8 heteroatoms. The molecule has 154 valence electrons. The summed E-state index contributed by atoms with van der Waals surface area (Å²) < 4.78 is 35.9. The number of nitrogens with zero attached hydrogens (tertiary/aromatic N) is 4. The van der Waals surface area contributed by atoms with E-state index < -0.39 is 10.0 Å². The van der Waals surface area contributed by atoms with Crippen LogP contribution in [0, 0.1) is 13.8 Å². The Morgan fingerprint density at radius 1 is 1.14 bits per heavy atom. The predicted octanol–water partition coefficient (Wildman–Crippen LogP) is 3.47. The SMILES string of the molecule is Cc1nn(C(C)C)c(C)c1S(=O)(=O)N1CCC(Oc2ccc3ccccc3n2)C1. The molecular formula is C21H26N4O3S. The van der Waals surface area contributed by atoms with Crippen molar-refractivity contribution in [2.24, 2.45) is 0 Å². The number of ether oxygens (including phenoxy) is 1.